The van der Waals surface area contributed by atoms with E-state index < -0.39 is 0 Å². The van der Waals surface area contributed by atoms with Crippen LogP contribution in [0.15, 0.2) is 0 Å². The number of likely N-dealkylation sites (tertiary alicyclic amines) is 1. The summed E-state index contributed by atoms with van der Waals surface area (Å²) < 4.78 is 0. The Hall–Kier alpha value is -0.0800. The Morgan fingerprint density at radius 3 is 2.80 bits per heavy atom. The number of likely N-dealkylation sites (N-methyl/N-ethyl adjacent to an activating group) is 1. The van der Waals surface area contributed by atoms with Gasteiger partial charge in [-0.3, -0.25) is 0 Å². The molecule has 15 heavy (non-hydrogen) atoms. The summed E-state index contributed by atoms with van der Waals surface area (Å²) in [4.78, 5) is 2.70. The molecule has 1 unspecified atom stereocenters. The van der Waals surface area contributed by atoms with Crippen molar-refractivity contribution in [3.05, 3.63) is 0 Å². The molecule has 2 nitrogen and oxygen atoms in total. The van der Waals surface area contributed by atoms with Gasteiger partial charge in [0.25, 0.3) is 0 Å². The molecule has 1 saturated carbocycles. The molecule has 1 aliphatic carbocycles. The molecule has 0 bridgehead atoms. The van der Waals surface area contributed by atoms with Crippen LogP contribution >= 0.6 is 0 Å². The quantitative estimate of drug-likeness (QED) is 0.749. The van der Waals surface area contributed by atoms with Gasteiger partial charge in [0.05, 0.1) is 0 Å². The smallest absolute Gasteiger partial charge is 0.0192 e. The minimum absolute atomic E-state index is 0.740. The maximum Gasteiger partial charge on any atom is 0.0192 e. The average Bonchev–Trinajstić information content (AvgIpc) is 2.99. The summed E-state index contributed by atoms with van der Waals surface area (Å²) in [6, 6.07) is 0.746. The summed E-state index contributed by atoms with van der Waals surface area (Å²) >= 11 is 0. The van der Waals surface area contributed by atoms with E-state index in [1.54, 1.807) is 0 Å². The van der Waals surface area contributed by atoms with Crippen LogP contribution < -0.4 is 5.32 Å². The first kappa shape index (κ1) is 11.4. The highest BCUT2D eigenvalue weighted by atomic mass is 15.2. The highest BCUT2D eigenvalue weighted by Gasteiger charge is 2.43. The Balaban J connectivity index is 1.78. The third-order valence-corrected chi connectivity index (χ3v) is 4.21. The highest BCUT2D eigenvalue weighted by molar-refractivity contribution is 4.96. The first-order valence-corrected chi connectivity index (χ1v) is 6.68. The summed E-state index contributed by atoms with van der Waals surface area (Å²) in [6.45, 7) is 6.32. The Morgan fingerprint density at radius 1 is 1.40 bits per heavy atom. The van der Waals surface area contributed by atoms with Crippen LogP contribution in [0.25, 0.3) is 0 Å². The zero-order chi connectivity index (χ0) is 10.7. The van der Waals surface area contributed by atoms with Gasteiger partial charge in [-0.15, -0.1) is 0 Å². The van der Waals surface area contributed by atoms with Gasteiger partial charge in [0.15, 0.2) is 0 Å². The van der Waals surface area contributed by atoms with Crippen molar-refractivity contribution in [3.63, 3.8) is 0 Å². The Labute approximate surface area is 94.4 Å². The predicted molar refractivity (Wildman–Crippen MR) is 65.1 cm³/mol. The van der Waals surface area contributed by atoms with Crippen LogP contribution in [0, 0.1) is 5.41 Å². The van der Waals surface area contributed by atoms with Gasteiger partial charge in [-0.1, -0.05) is 13.3 Å². The van der Waals surface area contributed by atoms with Crippen molar-refractivity contribution in [3.8, 4) is 0 Å². The summed E-state index contributed by atoms with van der Waals surface area (Å²) in [7, 11) is 2.10. The van der Waals surface area contributed by atoms with E-state index in [9.17, 15) is 0 Å². The Kier molecular flexibility index (Phi) is 3.68. The van der Waals surface area contributed by atoms with Crippen molar-refractivity contribution in [1.29, 1.82) is 0 Å². The Morgan fingerprint density at radius 2 is 2.20 bits per heavy atom. The maximum atomic E-state index is 3.43. The fourth-order valence-corrected chi connectivity index (χ4v) is 3.10. The second-order valence-corrected chi connectivity index (χ2v) is 5.61. The van der Waals surface area contributed by atoms with Crippen molar-refractivity contribution in [1.82, 2.24) is 10.2 Å². The van der Waals surface area contributed by atoms with Crippen LogP contribution in [0.3, 0.4) is 0 Å². The lowest BCUT2D eigenvalue weighted by Crippen LogP contribution is -2.46. The first-order valence-electron chi connectivity index (χ1n) is 6.68. The summed E-state index contributed by atoms with van der Waals surface area (Å²) in [5, 5.41) is 3.43. The van der Waals surface area contributed by atoms with Crippen molar-refractivity contribution in [2.75, 3.05) is 26.7 Å². The number of nitrogens with one attached hydrogen (secondary N) is 1. The largest absolute Gasteiger partial charge is 0.316 e. The van der Waals surface area contributed by atoms with Crippen LogP contribution in [0.5, 0.6) is 0 Å². The molecular formula is C13H26N2. The number of piperidine rings is 1. The zero-order valence-corrected chi connectivity index (χ0v) is 10.4. The molecule has 0 spiro atoms. The number of rotatable bonds is 5. The van der Waals surface area contributed by atoms with Gasteiger partial charge in [-0.2, -0.15) is 0 Å². The van der Waals surface area contributed by atoms with E-state index in [1.807, 2.05) is 0 Å². The molecule has 1 heterocycles. The van der Waals surface area contributed by atoms with Crippen molar-refractivity contribution in [2.24, 2.45) is 5.41 Å². The molecule has 1 saturated heterocycles. The van der Waals surface area contributed by atoms with Gasteiger partial charge < -0.3 is 10.2 Å². The van der Waals surface area contributed by atoms with E-state index in [0.717, 1.165) is 11.5 Å². The summed E-state index contributed by atoms with van der Waals surface area (Å²) in [6.07, 6.45) is 8.54. The van der Waals surface area contributed by atoms with Crippen molar-refractivity contribution in [2.45, 2.75) is 51.5 Å². The van der Waals surface area contributed by atoms with Gasteiger partial charge in [-0.25, -0.2) is 0 Å². The molecule has 2 heteroatoms. The molecule has 2 rings (SSSR count). The van der Waals surface area contributed by atoms with Crippen molar-refractivity contribution < 1.29 is 0 Å². The van der Waals surface area contributed by atoms with Crippen LogP contribution in [0.4, 0.5) is 0 Å². The zero-order valence-electron chi connectivity index (χ0n) is 10.4. The van der Waals surface area contributed by atoms with E-state index >= 15 is 0 Å². The Bertz CT molecular complexity index is 199. The standard InChI is InChI=1S/C13H26N2/c1-3-6-13(7-8-13)11-15-9-4-5-12(10-15)14-2/h12,14H,3-11H2,1-2H3. The molecule has 1 atom stereocenters. The van der Waals surface area contributed by atoms with Crippen LogP contribution in [-0.4, -0.2) is 37.6 Å². The third-order valence-electron chi connectivity index (χ3n) is 4.21. The monoisotopic (exact) mass is 210 g/mol. The summed E-state index contributed by atoms with van der Waals surface area (Å²) in [5.74, 6) is 0. The lowest BCUT2D eigenvalue weighted by molar-refractivity contribution is 0.157. The van der Waals surface area contributed by atoms with Gasteiger partial charge in [0, 0.05) is 19.1 Å². The van der Waals surface area contributed by atoms with E-state index in [0.29, 0.717) is 0 Å². The van der Waals surface area contributed by atoms with E-state index in [2.05, 4.69) is 24.2 Å². The minimum Gasteiger partial charge on any atom is -0.316 e. The van der Waals surface area contributed by atoms with Crippen LogP contribution in [-0.2, 0) is 0 Å². The van der Waals surface area contributed by atoms with Crippen molar-refractivity contribution >= 4 is 0 Å². The lowest BCUT2D eigenvalue weighted by atomic mass is 9.97. The molecule has 1 aliphatic heterocycles. The van der Waals surface area contributed by atoms with Gasteiger partial charge >= 0.3 is 0 Å². The predicted octanol–water partition coefficient (Wildman–Crippen LogP) is 2.25. The molecule has 0 aromatic rings. The lowest BCUT2D eigenvalue weighted by Gasteiger charge is -2.35. The molecule has 0 radical (unpaired) electrons. The molecule has 88 valence electrons. The number of nitrogens with zero attached hydrogens (tertiary/aromatic N) is 1. The van der Waals surface area contributed by atoms with E-state index in [4.69, 9.17) is 0 Å². The van der Waals surface area contributed by atoms with Crippen LogP contribution in [0.1, 0.15) is 45.4 Å². The van der Waals surface area contributed by atoms with E-state index in [-0.39, 0.29) is 0 Å². The molecule has 0 aromatic heterocycles. The summed E-state index contributed by atoms with van der Waals surface area (Å²) in [5.41, 5.74) is 0.740. The topological polar surface area (TPSA) is 15.3 Å². The fraction of sp³-hybridized carbons (Fsp3) is 1.00. The molecule has 2 fully saturated rings. The molecule has 2 aliphatic rings. The maximum absolute atomic E-state index is 3.43. The molecule has 0 aromatic carbocycles. The number of hydrogen-bond acceptors (Lipinski definition) is 2. The number of hydrogen-bond donors (Lipinski definition) is 1. The minimum atomic E-state index is 0.740. The molecular weight excluding hydrogens is 184 g/mol. The highest BCUT2D eigenvalue weighted by Crippen LogP contribution is 2.50. The van der Waals surface area contributed by atoms with Gasteiger partial charge in [0.1, 0.15) is 0 Å². The van der Waals surface area contributed by atoms with E-state index in [1.165, 1.54) is 58.2 Å². The second kappa shape index (κ2) is 4.84. The molecule has 1 N–H and O–H groups in total. The normalized spacial score (nSPS) is 30.4. The first-order chi connectivity index (χ1) is 7.28. The SMILES string of the molecule is CCCC1(CN2CCCC(NC)C2)CC1. The second-order valence-electron chi connectivity index (χ2n) is 5.61. The van der Waals surface area contributed by atoms with Gasteiger partial charge in [-0.05, 0) is 51.1 Å². The van der Waals surface area contributed by atoms with Crippen LogP contribution in [0.2, 0.25) is 0 Å². The average molecular weight is 210 g/mol. The van der Waals surface area contributed by atoms with Gasteiger partial charge in [0.2, 0.25) is 0 Å². The third kappa shape index (κ3) is 2.94. The fourth-order valence-electron chi connectivity index (χ4n) is 3.10. The molecule has 0 amide bonds.